The summed E-state index contributed by atoms with van der Waals surface area (Å²) < 4.78 is 33.4. The van der Waals surface area contributed by atoms with E-state index in [2.05, 4.69) is 5.32 Å². The highest BCUT2D eigenvalue weighted by molar-refractivity contribution is 7.91. The number of hydrogen-bond acceptors (Lipinski definition) is 5. The van der Waals surface area contributed by atoms with Crippen LogP contribution < -0.4 is 10.5 Å². The fourth-order valence-corrected chi connectivity index (χ4v) is 3.63. The molecule has 0 aliphatic heterocycles. The molecule has 0 aliphatic carbocycles. The second kappa shape index (κ2) is 7.30. The quantitative estimate of drug-likeness (QED) is 0.741. The zero-order valence-electron chi connectivity index (χ0n) is 11.3. The van der Waals surface area contributed by atoms with E-state index >= 15 is 0 Å². The topological polar surface area (TPSA) is 106 Å². The summed E-state index contributed by atoms with van der Waals surface area (Å²) in [6, 6.07) is 2.97. The molecule has 0 radical (unpaired) electrons. The van der Waals surface area contributed by atoms with E-state index in [1.54, 1.807) is 12.3 Å². The number of rotatable bonds is 7. The van der Waals surface area contributed by atoms with Crippen molar-refractivity contribution in [3.05, 3.63) is 17.0 Å². The molecule has 0 aliphatic rings. The number of carbonyl (C=O) groups is 1. The van der Waals surface area contributed by atoms with Crippen molar-refractivity contribution in [1.82, 2.24) is 5.32 Å². The van der Waals surface area contributed by atoms with Crippen LogP contribution in [0.2, 0.25) is 0 Å². The minimum absolute atomic E-state index is 0.0334. The lowest BCUT2D eigenvalue weighted by Crippen LogP contribution is -2.28. The van der Waals surface area contributed by atoms with Crippen LogP contribution in [-0.2, 0) is 32.0 Å². The molecule has 2 atom stereocenters. The van der Waals surface area contributed by atoms with Crippen molar-refractivity contribution in [3.63, 3.8) is 0 Å². The van der Waals surface area contributed by atoms with Crippen LogP contribution in [0.1, 0.15) is 18.2 Å². The molecule has 1 amide bonds. The monoisotopic (exact) mass is 338 g/mol. The van der Waals surface area contributed by atoms with Gasteiger partial charge in [0.25, 0.3) is 0 Å². The van der Waals surface area contributed by atoms with Crippen LogP contribution >= 0.6 is 11.3 Å². The van der Waals surface area contributed by atoms with Gasteiger partial charge in [-0.3, -0.25) is 9.00 Å². The lowest BCUT2D eigenvalue weighted by Gasteiger charge is -2.08. The number of amides is 1. The molecule has 2 unspecified atom stereocenters. The lowest BCUT2D eigenvalue weighted by atomic mass is 10.3. The Hall–Kier alpha value is -0.770. The molecular weight excluding hydrogens is 320 g/mol. The first-order chi connectivity index (χ1) is 9.20. The summed E-state index contributed by atoms with van der Waals surface area (Å²) in [5, 5.41) is 7.75. The summed E-state index contributed by atoms with van der Waals surface area (Å²) in [6.07, 6.45) is 2.39. The zero-order valence-corrected chi connectivity index (χ0v) is 13.7. The Morgan fingerprint density at radius 2 is 2.15 bits per heavy atom. The molecule has 1 heterocycles. The van der Waals surface area contributed by atoms with E-state index in [1.807, 2.05) is 6.92 Å². The van der Waals surface area contributed by atoms with Crippen molar-refractivity contribution >= 4 is 38.1 Å². The first-order valence-electron chi connectivity index (χ1n) is 5.90. The third-order valence-electron chi connectivity index (χ3n) is 2.69. The maximum absolute atomic E-state index is 11.7. The Kier molecular flexibility index (Phi) is 6.31. The number of thiophene rings is 1. The number of nitrogens with one attached hydrogen (secondary N) is 1. The molecule has 1 aromatic heterocycles. The number of carbonyl (C=O) groups excluding carboxylic acids is 1. The van der Waals surface area contributed by atoms with Gasteiger partial charge in [0.05, 0.1) is 6.42 Å². The van der Waals surface area contributed by atoms with Crippen molar-refractivity contribution in [3.8, 4) is 0 Å². The molecule has 114 valence electrons. The van der Waals surface area contributed by atoms with E-state index in [0.29, 0.717) is 17.8 Å². The van der Waals surface area contributed by atoms with Crippen molar-refractivity contribution in [2.45, 2.75) is 29.2 Å². The van der Waals surface area contributed by atoms with Crippen molar-refractivity contribution in [1.29, 1.82) is 0 Å². The highest BCUT2D eigenvalue weighted by Gasteiger charge is 2.13. The largest absolute Gasteiger partial charge is 0.356 e. The highest BCUT2D eigenvalue weighted by atomic mass is 32.2. The Morgan fingerprint density at radius 3 is 2.65 bits per heavy atom. The van der Waals surface area contributed by atoms with Gasteiger partial charge >= 0.3 is 0 Å². The van der Waals surface area contributed by atoms with E-state index < -0.39 is 20.8 Å². The minimum Gasteiger partial charge on any atom is -0.356 e. The third-order valence-corrected chi connectivity index (χ3v) is 6.58. The summed E-state index contributed by atoms with van der Waals surface area (Å²) in [5.41, 5.74) is 0. The molecule has 0 fully saturated rings. The molecule has 1 aromatic rings. The molecule has 3 N–H and O–H groups in total. The highest BCUT2D eigenvalue weighted by Crippen LogP contribution is 2.20. The van der Waals surface area contributed by atoms with E-state index in [0.717, 1.165) is 11.3 Å². The van der Waals surface area contributed by atoms with Crippen molar-refractivity contribution in [2.24, 2.45) is 5.14 Å². The third kappa shape index (κ3) is 5.70. The minimum atomic E-state index is -3.70. The zero-order chi connectivity index (χ0) is 15.3. The van der Waals surface area contributed by atoms with Gasteiger partial charge in [0, 0.05) is 33.7 Å². The van der Waals surface area contributed by atoms with E-state index in [-0.39, 0.29) is 21.8 Å². The maximum Gasteiger partial charge on any atom is 0.247 e. The van der Waals surface area contributed by atoms with Gasteiger partial charge in [-0.2, -0.15) is 0 Å². The van der Waals surface area contributed by atoms with Gasteiger partial charge in [-0.15, -0.1) is 11.3 Å². The van der Waals surface area contributed by atoms with E-state index in [1.165, 1.54) is 6.07 Å². The first-order valence-corrected chi connectivity index (χ1v) is 9.89. The summed E-state index contributed by atoms with van der Waals surface area (Å²) in [7, 11) is -4.60. The molecule has 0 saturated carbocycles. The summed E-state index contributed by atoms with van der Waals surface area (Å²) in [5.74, 6) is -0.193. The van der Waals surface area contributed by atoms with Crippen LogP contribution in [0.5, 0.6) is 0 Å². The average molecular weight is 338 g/mol. The fraction of sp³-hybridized carbons (Fsp3) is 0.545. The second-order valence-corrected chi connectivity index (χ2v) is 9.15. The van der Waals surface area contributed by atoms with Crippen LogP contribution in [0.25, 0.3) is 0 Å². The second-order valence-electron chi connectivity index (χ2n) is 4.39. The van der Waals surface area contributed by atoms with Crippen molar-refractivity contribution < 1.29 is 17.4 Å². The number of sulfonamides is 1. The summed E-state index contributed by atoms with van der Waals surface area (Å²) in [6.45, 7) is 2.31. The Balaban J connectivity index is 2.43. The predicted molar refractivity (Wildman–Crippen MR) is 80.6 cm³/mol. The molecule has 0 spiro atoms. The summed E-state index contributed by atoms with van der Waals surface area (Å²) in [4.78, 5) is 12.3. The normalized spacial score (nSPS) is 14.8. The van der Waals surface area contributed by atoms with Gasteiger partial charge in [-0.25, -0.2) is 13.6 Å². The molecule has 0 saturated heterocycles. The molecule has 0 aromatic carbocycles. The Morgan fingerprint density at radius 1 is 1.50 bits per heavy atom. The first kappa shape index (κ1) is 17.3. The number of nitrogens with two attached hydrogens (primary N) is 1. The van der Waals surface area contributed by atoms with Gasteiger partial charge in [0.15, 0.2) is 0 Å². The van der Waals surface area contributed by atoms with Gasteiger partial charge < -0.3 is 5.32 Å². The molecule has 6 nitrogen and oxygen atoms in total. The standard InChI is InChI=1S/C11H18N2O4S3/c1-8(19(2)15)5-6-13-10(14)7-9-3-4-11(18-9)20(12,16)17/h3-4,8H,5-7H2,1-2H3,(H,13,14)(H2,12,16,17). The molecule has 20 heavy (non-hydrogen) atoms. The van der Waals surface area contributed by atoms with Gasteiger partial charge in [0.2, 0.25) is 15.9 Å². The van der Waals surface area contributed by atoms with Gasteiger partial charge in [-0.05, 0) is 18.6 Å². The number of primary sulfonamides is 1. The molecular formula is C11H18N2O4S3. The molecule has 9 heteroatoms. The Bertz CT molecular complexity index is 595. The van der Waals surface area contributed by atoms with Crippen LogP contribution in [0.15, 0.2) is 16.3 Å². The van der Waals surface area contributed by atoms with Gasteiger partial charge in [-0.1, -0.05) is 6.92 Å². The number of hydrogen-bond donors (Lipinski definition) is 2. The van der Waals surface area contributed by atoms with Crippen LogP contribution in [0.3, 0.4) is 0 Å². The van der Waals surface area contributed by atoms with E-state index in [9.17, 15) is 17.4 Å². The average Bonchev–Trinajstić information content (AvgIpc) is 2.76. The SMILES string of the molecule is CC(CCNC(=O)Cc1ccc(S(N)(=O)=O)s1)S(C)=O. The van der Waals surface area contributed by atoms with E-state index in [4.69, 9.17) is 5.14 Å². The molecule has 0 bridgehead atoms. The predicted octanol–water partition coefficient (Wildman–Crippen LogP) is 0.211. The molecule has 1 rings (SSSR count). The fourth-order valence-electron chi connectivity index (χ4n) is 1.41. The van der Waals surface area contributed by atoms with Crippen LogP contribution in [-0.4, -0.2) is 36.6 Å². The van der Waals surface area contributed by atoms with Gasteiger partial charge in [0.1, 0.15) is 4.21 Å². The summed E-state index contributed by atoms with van der Waals surface area (Å²) >= 11 is 0.990. The van der Waals surface area contributed by atoms with Crippen LogP contribution in [0, 0.1) is 0 Å². The Labute approximate surface area is 125 Å². The lowest BCUT2D eigenvalue weighted by molar-refractivity contribution is -0.120. The van der Waals surface area contributed by atoms with Crippen molar-refractivity contribution in [2.75, 3.05) is 12.8 Å². The maximum atomic E-state index is 11.7. The smallest absolute Gasteiger partial charge is 0.247 e. The van der Waals surface area contributed by atoms with Crippen LogP contribution in [0.4, 0.5) is 0 Å².